The molecule has 0 aromatic carbocycles. The van der Waals surface area contributed by atoms with Crippen molar-refractivity contribution in [2.75, 3.05) is 5.32 Å². The predicted octanol–water partition coefficient (Wildman–Crippen LogP) is 2.62. The van der Waals surface area contributed by atoms with Crippen LogP contribution >= 0.6 is 15.9 Å². The number of rotatable bonds is 3. The van der Waals surface area contributed by atoms with E-state index in [0.29, 0.717) is 10.2 Å². The average molecular weight is 313 g/mol. The molecule has 1 saturated carbocycles. The average Bonchev–Trinajstić information content (AvgIpc) is 2.94. The number of carbonyl (C=O) groups excluding carboxylic acids is 1. The maximum absolute atomic E-state index is 12.0. The van der Waals surface area contributed by atoms with E-state index in [1.54, 1.807) is 12.4 Å². The topological polar surface area (TPSA) is 51.1 Å². The van der Waals surface area contributed by atoms with Gasteiger partial charge in [0.2, 0.25) is 11.3 Å². The number of carbonyl (C=O) groups is 1. The molecule has 1 aliphatic carbocycles. The summed E-state index contributed by atoms with van der Waals surface area (Å²) in [5.74, 6) is -0.0381. The molecule has 5 heteroatoms. The Bertz CT molecular complexity index is 548. The Hall–Kier alpha value is -1.10. The molecule has 0 unspecified atom stereocenters. The van der Waals surface area contributed by atoms with Crippen LogP contribution < -0.4 is 10.7 Å². The lowest BCUT2D eigenvalue weighted by atomic mass is 10.1. The number of anilines is 1. The second-order valence-corrected chi connectivity index (χ2v) is 6.27. The Morgan fingerprint density at radius 2 is 2.17 bits per heavy atom. The highest BCUT2D eigenvalue weighted by atomic mass is 79.9. The van der Waals surface area contributed by atoms with Crippen molar-refractivity contribution < 1.29 is 4.79 Å². The van der Waals surface area contributed by atoms with Crippen molar-refractivity contribution in [1.82, 2.24) is 4.57 Å². The number of aromatic nitrogens is 1. The molecule has 1 atom stereocenters. The van der Waals surface area contributed by atoms with E-state index in [1.807, 2.05) is 11.5 Å². The minimum Gasteiger partial charge on any atom is -0.351 e. The maximum Gasteiger partial charge on any atom is 0.228 e. The zero-order valence-corrected chi connectivity index (χ0v) is 12.4. The highest BCUT2D eigenvalue weighted by Crippen LogP contribution is 2.51. The molecule has 4 nitrogen and oxygen atoms in total. The van der Waals surface area contributed by atoms with Gasteiger partial charge in [-0.15, -0.1) is 0 Å². The molecule has 0 spiro atoms. The van der Waals surface area contributed by atoms with E-state index in [1.165, 1.54) is 0 Å². The van der Waals surface area contributed by atoms with Crippen molar-refractivity contribution in [3.63, 3.8) is 0 Å². The molecule has 0 bridgehead atoms. The van der Waals surface area contributed by atoms with E-state index < -0.39 is 0 Å². The molecule has 0 saturated heterocycles. The van der Waals surface area contributed by atoms with E-state index in [4.69, 9.17) is 0 Å². The summed E-state index contributed by atoms with van der Waals surface area (Å²) in [6, 6.07) is 0. The molecule has 2 rings (SSSR count). The fraction of sp³-hybridized carbons (Fsp3) is 0.538. The van der Waals surface area contributed by atoms with Gasteiger partial charge in [-0.2, -0.15) is 0 Å². The fourth-order valence-electron chi connectivity index (χ4n) is 2.00. The van der Waals surface area contributed by atoms with Gasteiger partial charge in [0.25, 0.3) is 0 Å². The first-order chi connectivity index (χ1) is 8.35. The third-order valence-electron chi connectivity index (χ3n) is 3.49. The van der Waals surface area contributed by atoms with Crippen LogP contribution in [0.1, 0.15) is 27.2 Å². The van der Waals surface area contributed by atoms with Crippen molar-refractivity contribution in [1.29, 1.82) is 0 Å². The minimum atomic E-state index is -0.175. The van der Waals surface area contributed by atoms with E-state index in [0.717, 1.165) is 13.0 Å². The summed E-state index contributed by atoms with van der Waals surface area (Å²) in [4.78, 5) is 23.9. The van der Waals surface area contributed by atoms with Crippen molar-refractivity contribution >= 4 is 27.5 Å². The summed E-state index contributed by atoms with van der Waals surface area (Å²) >= 11 is 3.22. The quantitative estimate of drug-likeness (QED) is 0.932. The maximum atomic E-state index is 12.0. The molecule has 98 valence electrons. The van der Waals surface area contributed by atoms with Crippen LogP contribution in [0.5, 0.6) is 0 Å². The molecule has 1 N–H and O–H groups in total. The Balaban J connectivity index is 2.22. The van der Waals surface area contributed by atoms with E-state index >= 15 is 0 Å². The lowest BCUT2D eigenvalue weighted by Crippen LogP contribution is -2.22. The highest BCUT2D eigenvalue weighted by Gasteiger charge is 2.50. The van der Waals surface area contributed by atoms with Gasteiger partial charge in [-0.3, -0.25) is 9.59 Å². The third-order valence-corrected chi connectivity index (χ3v) is 4.05. The fourth-order valence-corrected chi connectivity index (χ4v) is 2.48. The van der Waals surface area contributed by atoms with Gasteiger partial charge in [0.15, 0.2) is 0 Å². The van der Waals surface area contributed by atoms with Gasteiger partial charge >= 0.3 is 0 Å². The number of halogens is 1. The predicted molar refractivity (Wildman–Crippen MR) is 74.6 cm³/mol. The summed E-state index contributed by atoms with van der Waals surface area (Å²) < 4.78 is 2.33. The Kier molecular flexibility index (Phi) is 3.36. The summed E-state index contributed by atoms with van der Waals surface area (Å²) in [7, 11) is 0. The summed E-state index contributed by atoms with van der Waals surface area (Å²) in [6.07, 6.45) is 4.29. The molecule has 1 heterocycles. The van der Waals surface area contributed by atoms with Crippen molar-refractivity contribution in [2.45, 2.75) is 33.7 Å². The molecule has 1 aromatic heterocycles. The Morgan fingerprint density at radius 1 is 1.56 bits per heavy atom. The Morgan fingerprint density at radius 3 is 2.67 bits per heavy atom. The van der Waals surface area contributed by atoms with Crippen LogP contribution in [0, 0.1) is 11.3 Å². The van der Waals surface area contributed by atoms with Gasteiger partial charge in [-0.1, -0.05) is 13.8 Å². The number of pyridine rings is 1. The molecule has 18 heavy (non-hydrogen) atoms. The molecule has 1 aromatic rings. The number of nitrogens with one attached hydrogen (secondary N) is 1. The number of hydrogen-bond acceptors (Lipinski definition) is 2. The molecule has 0 aliphatic heterocycles. The van der Waals surface area contributed by atoms with Crippen LogP contribution in [0.25, 0.3) is 0 Å². The monoisotopic (exact) mass is 312 g/mol. The first-order valence-electron chi connectivity index (χ1n) is 6.05. The van der Waals surface area contributed by atoms with Crippen molar-refractivity contribution in [3.8, 4) is 0 Å². The van der Waals surface area contributed by atoms with Crippen molar-refractivity contribution in [3.05, 3.63) is 27.1 Å². The normalized spacial score (nSPS) is 20.6. The number of nitrogens with zero attached hydrogens (tertiary/aromatic N) is 1. The van der Waals surface area contributed by atoms with E-state index in [-0.39, 0.29) is 22.7 Å². The smallest absolute Gasteiger partial charge is 0.228 e. The first-order valence-corrected chi connectivity index (χ1v) is 6.85. The SMILES string of the molecule is CCn1cc(Br)c(=O)c(NC(=O)[C@H]2CC2(C)C)c1. The van der Waals surface area contributed by atoms with Crippen LogP contribution in [0.4, 0.5) is 5.69 Å². The summed E-state index contributed by atoms with van der Waals surface area (Å²) in [5.41, 5.74) is 0.241. The third kappa shape index (κ3) is 2.51. The van der Waals surface area contributed by atoms with Gasteiger partial charge < -0.3 is 9.88 Å². The lowest BCUT2D eigenvalue weighted by molar-refractivity contribution is -0.118. The largest absolute Gasteiger partial charge is 0.351 e. The molecule has 1 amide bonds. The standard InChI is InChI=1S/C13H17BrN2O2/c1-4-16-6-9(14)11(17)10(7-16)15-12(18)8-5-13(8,2)3/h6-8H,4-5H2,1-3H3,(H,15,18)/t8-/m1/s1. The summed E-state index contributed by atoms with van der Waals surface area (Å²) in [5, 5.41) is 2.74. The minimum absolute atomic E-state index is 0.0194. The highest BCUT2D eigenvalue weighted by molar-refractivity contribution is 9.10. The molecule has 1 aliphatic rings. The molecule has 0 radical (unpaired) electrons. The van der Waals surface area contributed by atoms with Gasteiger partial charge in [0.1, 0.15) is 5.69 Å². The summed E-state index contributed by atoms with van der Waals surface area (Å²) in [6.45, 7) is 6.84. The number of hydrogen-bond donors (Lipinski definition) is 1. The van der Waals surface area contributed by atoms with Gasteiger partial charge in [0, 0.05) is 24.9 Å². The Labute approximate surface area is 115 Å². The second kappa shape index (κ2) is 4.53. The molecule has 1 fully saturated rings. The van der Waals surface area contributed by atoms with Gasteiger partial charge in [-0.25, -0.2) is 0 Å². The van der Waals surface area contributed by atoms with Crippen LogP contribution in [-0.4, -0.2) is 10.5 Å². The van der Waals surface area contributed by atoms with E-state index in [2.05, 4.69) is 35.1 Å². The van der Waals surface area contributed by atoms with E-state index in [9.17, 15) is 9.59 Å². The lowest BCUT2D eigenvalue weighted by Gasteiger charge is -2.09. The molecular weight excluding hydrogens is 296 g/mol. The zero-order chi connectivity index (χ0) is 13.5. The second-order valence-electron chi connectivity index (χ2n) is 5.41. The first kappa shape index (κ1) is 13.3. The van der Waals surface area contributed by atoms with Crippen LogP contribution in [0.15, 0.2) is 21.7 Å². The van der Waals surface area contributed by atoms with Gasteiger partial charge in [-0.05, 0) is 34.7 Å². The van der Waals surface area contributed by atoms with Crippen LogP contribution in [0.3, 0.4) is 0 Å². The van der Waals surface area contributed by atoms with Crippen molar-refractivity contribution in [2.24, 2.45) is 11.3 Å². The number of aryl methyl sites for hydroxylation is 1. The van der Waals surface area contributed by atoms with Crippen LogP contribution in [-0.2, 0) is 11.3 Å². The molecular formula is C13H17BrN2O2. The van der Waals surface area contributed by atoms with Crippen LogP contribution in [0.2, 0.25) is 0 Å². The number of amides is 1. The van der Waals surface area contributed by atoms with Gasteiger partial charge in [0.05, 0.1) is 4.47 Å². The zero-order valence-electron chi connectivity index (χ0n) is 10.8.